The molecule has 3 heteroatoms. The molecule has 1 heterocycles. The van der Waals surface area contributed by atoms with E-state index in [2.05, 4.69) is 46.1 Å². The number of benzene rings is 1. The summed E-state index contributed by atoms with van der Waals surface area (Å²) in [6.45, 7) is 0.214. The second kappa shape index (κ2) is 3.22. The van der Waals surface area contributed by atoms with Gasteiger partial charge in [-0.1, -0.05) is 0 Å². The number of aliphatic hydroxyl groups is 1. The van der Waals surface area contributed by atoms with E-state index in [4.69, 9.17) is 5.11 Å². The predicted octanol–water partition coefficient (Wildman–Crippen LogP) is 1.62. The second-order valence-electron chi connectivity index (χ2n) is 3.03. The Morgan fingerprint density at radius 2 is 2.42 bits per heavy atom. The Morgan fingerprint density at radius 1 is 1.58 bits per heavy atom. The van der Waals surface area contributed by atoms with Gasteiger partial charge in [0.1, 0.15) is 0 Å². The standard InChI is InChI=1S/C9H10INO/c10-7-1-2-9-6(3-7)4-8(5-12)11-9/h1-3,8,11-12H,4-5H2/t8-/m1/s1. The molecule has 0 aromatic heterocycles. The molecule has 0 saturated carbocycles. The van der Waals surface area contributed by atoms with Crippen LogP contribution in [0.1, 0.15) is 5.56 Å². The lowest BCUT2D eigenvalue weighted by Gasteiger charge is -2.04. The number of hydrogen-bond donors (Lipinski definition) is 2. The van der Waals surface area contributed by atoms with Crippen LogP contribution in [0.15, 0.2) is 18.2 Å². The predicted molar refractivity (Wildman–Crippen MR) is 57.4 cm³/mol. The molecule has 1 aliphatic rings. The number of rotatable bonds is 1. The minimum atomic E-state index is 0.214. The van der Waals surface area contributed by atoms with Crippen LogP contribution in [0, 0.1) is 3.57 Å². The lowest BCUT2D eigenvalue weighted by Crippen LogP contribution is -2.19. The van der Waals surface area contributed by atoms with Gasteiger partial charge in [-0.3, -0.25) is 0 Å². The molecule has 0 unspecified atom stereocenters. The molecule has 1 aliphatic heterocycles. The average Bonchev–Trinajstić information content (AvgIpc) is 2.46. The Balaban J connectivity index is 2.30. The molecule has 0 aliphatic carbocycles. The first-order valence-corrected chi connectivity index (χ1v) is 5.03. The van der Waals surface area contributed by atoms with E-state index in [1.165, 1.54) is 14.8 Å². The molecule has 0 saturated heterocycles. The lowest BCUT2D eigenvalue weighted by atomic mass is 10.1. The SMILES string of the molecule is OC[C@H]1Cc2cc(I)ccc2N1. The smallest absolute Gasteiger partial charge is 0.0636 e. The molecule has 0 radical (unpaired) electrons. The van der Waals surface area contributed by atoms with Crippen LogP contribution < -0.4 is 5.32 Å². The van der Waals surface area contributed by atoms with Crippen LogP contribution in [0.5, 0.6) is 0 Å². The summed E-state index contributed by atoms with van der Waals surface area (Å²) >= 11 is 2.30. The van der Waals surface area contributed by atoms with Gasteiger partial charge in [0.25, 0.3) is 0 Å². The van der Waals surface area contributed by atoms with Gasteiger partial charge in [-0.25, -0.2) is 0 Å². The average molecular weight is 275 g/mol. The molecule has 1 atom stereocenters. The molecule has 0 fully saturated rings. The van der Waals surface area contributed by atoms with Gasteiger partial charge < -0.3 is 10.4 Å². The van der Waals surface area contributed by atoms with Crippen molar-refractivity contribution >= 4 is 28.3 Å². The van der Waals surface area contributed by atoms with Crippen molar-refractivity contribution in [3.05, 3.63) is 27.3 Å². The van der Waals surface area contributed by atoms with E-state index in [0.29, 0.717) is 0 Å². The number of hydrogen-bond acceptors (Lipinski definition) is 2. The maximum atomic E-state index is 8.94. The highest BCUT2D eigenvalue weighted by Crippen LogP contribution is 2.26. The lowest BCUT2D eigenvalue weighted by molar-refractivity contribution is 0.277. The highest BCUT2D eigenvalue weighted by atomic mass is 127. The van der Waals surface area contributed by atoms with Crippen LogP contribution >= 0.6 is 22.6 Å². The number of anilines is 1. The second-order valence-corrected chi connectivity index (χ2v) is 4.28. The summed E-state index contributed by atoms with van der Waals surface area (Å²) in [5.74, 6) is 0. The van der Waals surface area contributed by atoms with Gasteiger partial charge in [-0.2, -0.15) is 0 Å². The van der Waals surface area contributed by atoms with E-state index in [1.807, 2.05) is 0 Å². The van der Waals surface area contributed by atoms with Crippen LogP contribution in [0.3, 0.4) is 0 Å². The molecule has 12 heavy (non-hydrogen) atoms. The fourth-order valence-electron chi connectivity index (χ4n) is 1.52. The summed E-state index contributed by atoms with van der Waals surface area (Å²) in [4.78, 5) is 0. The molecule has 0 bridgehead atoms. The van der Waals surface area contributed by atoms with Gasteiger partial charge >= 0.3 is 0 Å². The molecule has 2 nitrogen and oxygen atoms in total. The maximum Gasteiger partial charge on any atom is 0.0636 e. The highest BCUT2D eigenvalue weighted by molar-refractivity contribution is 14.1. The quantitative estimate of drug-likeness (QED) is 0.763. The number of halogens is 1. The number of nitrogens with one attached hydrogen (secondary N) is 1. The Bertz CT molecular complexity index is 301. The molecule has 1 aromatic rings. The third-order valence-corrected chi connectivity index (χ3v) is 2.78. The number of aliphatic hydroxyl groups excluding tert-OH is 1. The Morgan fingerprint density at radius 3 is 3.17 bits per heavy atom. The number of fused-ring (bicyclic) bond motifs is 1. The zero-order valence-corrected chi connectivity index (χ0v) is 8.71. The van der Waals surface area contributed by atoms with Gasteiger partial charge in [0, 0.05) is 9.26 Å². The molecular formula is C9H10INO. The van der Waals surface area contributed by atoms with Crippen molar-refractivity contribution in [2.24, 2.45) is 0 Å². The van der Waals surface area contributed by atoms with Gasteiger partial charge in [0.2, 0.25) is 0 Å². The fraction of sp³-hybridized carbons (Fsp3) is 0.333. The molecule has 0 spiro atoms. The van der Waals surface area contributed by atoms with Gasteiger partial charge in [0.15, 0.2) is 0 Å². The van der Waals surface area contributed by atoms with E-state index in [-0.39, 0.29) is 12.6 Å². The van der Waals surface area contributed by atoms with Crippen molar-refractivity contribution in [3.63, 3.8) is 0 Å². The third kappa shape index (κ3) is 1.43. The van der Waals surface area contributed by atoms with Crippen molar-refractivity contribution in [2.75, 3.05) is 11.9 Å². The Hall–Kier alpha value is -0.290. The largest absolute Gasteiger partial charge is 0.394 e. The molecule has 64 valence electrons. The minimum Gasteiger partial charge on any atom is -0.394 e. The first-order chi connectivity index (χ1) is 5.79. The summed E-state index contributed by atoms with van der Waals surface area (Å²) in [5, 5.41) is 12.2. The topological polar surface area (TPSA) is 32.3 Å². The van der Waals surface area contributed by atoms with Crippen LogP contribution in [0.25, 0.3) is 0 Å². The summed E-state index contributed by atoms with van der Waals surface area (Å²) in [6, 6.07) is 6.54. The molecule has 2 rings (SSSR count). The van der Waals surface area contributed by atoms with Crippen molar-refractivity contribution < 1.29 is 5.11 Å². The zero-order valence-electron chi connectivity index (χ0n) is 6.55. The van der Waals surface area contributed by atoms with E-state index in [1.54, 1.807) is 0 Å². The van der Waals surface area contributed by atoms with Crippen molar-refractivity contribution in [1.82, 2.24) is 0 Å². The van der Waals surface area contributed by atoms with Gasteiger partial charge in [-0.15, -0.1) is 0 Å². The summed E-state index contributed by atoms with van der Waals surface area (Å²) in [6.07, 6.45) is 0.947. The van der Waals surface area contributed by atoms with E-state index in [9.17, 15) is 0 Å². The van der Waals surface area contributed by atoms with Crippen LogP contribution in [0.4, 0.5) is 5.69 Å². The first-order valence-electron chi connectivity index (χ1n) is 3.95. The molecule has 1 aromatic carbocycles. The van der Waals surface area contributed by atoms with Crippen LogP contribution in [-0.4, -0.2) is 17.8 Å². The van der Waals surface area contributed by atoms with Crippen molar-refractivity contribution in [3.8, 4) is 0 Å². The van der Waals surface area contributed by atoms with E-state index in [0.717, 1.165) is 6.42 Å². The summed E-state index contributed by atoms with van der Waals surface area (Å²) in [5.41, 5.74) is 2.50. The Labute approximate surface area is 85.1 Å². The van der Waals surface area contributed by atoms with E-state index >= 15 is 0 Å². The monoisotopic (exact) mass is 275 g/mol. The van der Waals surface area contributed by atoms with Gasteiger partial charge in [0.05, 0.1) is 12.6 Å². The normalized spacial score (nSPS) is 20.3. The zero-order chi connectivity index (χ0) is 8.55. The minimum absolute atomic E-state index is 0.214. The Kier molecular flexibility index (Phi) is 2.23. The van der Waals surface area contributed by atoms with Crippen LogP contribution in [-0.2, 0) is 6.42 Å². The first kappa shape index (κ1) is 8.31. The van der Waals surface area contributed by atoms with Gasteiger partial charge in [-0.05, 0) is 52.8 Å². The fourth-order valence-corrected chi connectivity index (χ4v) is 2.07. The van der Waals surface area contributed by atoms with Crippen molar-refractivity contribution in [2.45, 2.75) is 12.5 Å². The van der Waals surface area contributed by atoms with E-state index < -0.39 is 0 Å². The van der Waals surface area contributed by atoms with Crippen molar-refractivity contribution in [1.29, 1.82) is 0 Å². The van der Waals surface area contributed by atoms with Crippen LogP contribution in [0.2, 0.25) is 0 Å². The molecule has 0 amide bonds. The highest BCUT2D eigenvalue weighted by Gasteiger charge is 2.18. The third-order valence-electron chi connectivity index (χ3n) is 2.11. The summed E-state index contributed by atoms with van der Waals surface area (Å²) in [7, 11) is 0. The molecule has 2 N–H and O–H groups in total. The molecular weight excluding hydrogens is 265 g/mol. The maximum absolute atomic E-state index is 8.94. The summed E-state index contributed by atoms with van der Waals surface area (Å²) < 4.78 is 1.26.